The molecule has 0 aromatic rings. The topological polar surface area (TPSA) is 98.7 Å². The predicted molar refractivity (Wildman–Crippen MR) is 87.6 cm³/mol. The summed E-state index contributed by atoms with van der Waals surface area (Å²) in [6.45, 7) is 7.62. The van der Waals surface area contributed by atoms with E-state index < -0.39 is 23.3 Å². The zero-order valence-corrected chi connectivity index (χ0v) is 15.1. The molecule has 0 saturated carbocycles. The monoisotopic (exact) mass is 329 g/mol. The van der Waals surface area contributed by atoms with Crippen LogP contribution in [0.15, 0.2) is 0 Å². The first-order valence-corrected chi connectivity index (χ1v) is 7.99. The second-order valence-electron chi connectivity index (χ2n) is 7.12. The number of nitrogens with zero attached hydrogens (tertiary/aromatic N) is 1. The number of carbonyl (C=O) groups is 3. The van der Waals surface area contributed by atoms with E-state index in [4.69, 9.17) is 5.21 Å². The van der Waals surface area contributed by atoms with E-state index in [0.717, 1.165) is 12.8 Å². The van der Waals surface area contributed by atoms with Gasteiger partial charge in [-0.2, -0.15) is 0 Å². The molecule has 2 unspecified atom stereocenters. The number of carbonyl (C=O) groups excluding carboxylic acids is 3. The van der Waals surface area contributed by atoms with Crippen LogP contribution in [0.1, 0.15) is 53.4 Å². The van der Waals surface area contributed by atoms with E-state index in [1.165, 1.54) is 4.90 Å². The molecule has 0 radical (unpaired) electrons. The zero-order chi connectivity index (χ0) is 18.2. The van der Waals surface area contributed by atoms with E-state index in [9.17, 15) is 14.4 Å². The average molecular weight is 329 g/mol. The number of hydrogen-bond acceptors (Lipinski definition) is 4. The second kappa shape index (κ2) is 9.50. The Morgan fingerprint density at radius 3 is 2.13 bits per heavy atom. The lowest BCUT2D eigenvalue weighted by molar-refractivity contribution is -0.140. The lowest BCUT2D eigenvalue weighted by Gasteiger charge is -2.33. The van der Waals surface area contributed by atoms with Gasteiger partial charge in [0.15, 0.2) is 0 Å². The molecule has 7 heteroatoms. The maximum atomic E-state index is 12.5. The Kier molecular flexibility index (Phi) is 8.82. The molecule has 0 aliphatic carbocycles. The van der Waals surface area contributed by atoms with Gasteiger partial charge in [0.2, 0.25) is 17.7 Å². The summed E-state index contributed by atoms with van der Waals surface area (Å²) in [4.78, 5) is 37.7. The molecule has 0 aromatic carbocycles. The molecular weight excluding hydrogens is 298 g/mol. The Balaban J connectivity index is 5.15. The molecule has 0 aliphatic rings. The van der Waals surface area contributed by atoms with E-state index >= 15 is 0 Å². The van der Waals surface area contributed by atoms with Crippen LogP contribution in [-0.4, -0.2) is 48.0 Å². The van der Waals surface area contributed by atoms with Gasteiger partial charge >= 0.3 is 0 Å². The van der Waals surface area contributed by atoms with Crippen molar-refractivity contribution < 1.29 is 19.6 Å². The largest absolute Gasteiger partial charge is 0.347 e. The number of nitrogens with one attached hydrogen (secondary N) is 2. The lowest BCUT2D eigenvalue weighted by Crippen LogP contribution is -2.54. The molecule has 0 aromatic heterocycles. The van der Waals surface area contributed by atoms with Gasteiger partial charge in [0.05, 0.1) is 0 Å². The minimum Gasteiger partial charge on any atom is -0.347 e. The molecule has 2 atom stereocenters. The Hall–Kier alpha value is -1.63. The van der Waals surface area contributed by atoms with Crippen LogP contribution >= 0.6 is 0 Å². The standard InChI is InChI=1S/C16H31N3O4/c1-7-8-9-11(10-12(20)18-23)14(21)17-13(16(2,3)4)15(22)19(5)6/h11,13,23H,7-10H2,1-6H3,(H,17,21)(H,18,20). The highest BCUT2D eigenvalue weighted by Crippen LogP contribution is 2.22. The summed E-state index contributed by atoms with van der Waals surface area (Å²) in [5.41, 5.74) is 1.10. The van der Waals surface area contributed by atoms with Crippen molar-refractivity contribution in [2.24, 2.45) is 11.3 Å². The second-order valence-corrected chi connectivity index (χ2v) is 7.12. The van der Waals surface area contributed by atoms with Crippen LogP contribution in [0.25, 0.3) is 0 Å². The van der Waals surface area contributed by atoms with Crippen molar-refractivity contribution in [2.45, 2.75) is 59.4 Å². The molecule has 0 rings (SSSR count). The van der Waals surface area contributed by atoms with Crippen molar-refractivity contribution in [1.29, 1.82) is 0 Å². The van der Waals surface area contributed by atoms with Gasteiger partial charge in [-0.05, 0) is 11.8 Å². The third-order valence-electron chi connectivity index (χ3n) is 3.67. The van der Waals surface area contributed by atoms with Crippen LogP contribution in [0.3, 0.4) is 0 Å². The zero-order valence-electron chi connectivity index (χ0n) is 15.1. The Morgan fingerprint density at radius 2 is 1.74 bits per heavy atom. The molecule has 0 saturated heterocycles. The van der Waals surface area contributed by atoms with E-state index in [2.05, 4.69) is 5.32 Å². The Bertz CT molecular complexity index is 416. The van der Waals surface area contributed by atoms with E-state index in [-0.39, 0.29) is 18.2 Å². The van der Waals surface area contributed by atoms with E-state index in [1.54, 1.807) is 19.6 Å². The third-order valence-corrected chi connectivity index (χ3v) is 3.67. The SMILES string of the molecule is CCCCC(CC(=O)NO)C(=O)NC(C(=O)N(C)C)C(C)(C)C. The summed E-state index contributed by atoms with van der Waals surface area (Å²) in [6, 6.07) is -0.675. The highest BCUT2D eigenvalue weighted by Gasteiger charge is 2.35. The molecule has 0 aliphatic heterocycles. The molecule has 0 spiro atoms. The summed E-state index contributed by atoms with van der Waals surface area (Å²) < 4.78 is 0. The molecular formula is C16H31N3O4. The first-order chi connectivity index (χ1) is 10.5. The molecule has 134 valence electrons. The van der Waals surface area contributed by atoms with Crippen molar-refractivity contribution in [3.05, 3.63) is 0 Å². The molecule has 0 bridgehead atoms. The number of rotatable bonds is 8. The number of hydroxylamine groups is 1. The fourth-order valence-electron chi connectivity index (χ4n) is 2.21. The van der Waals surface area contributed by atoms with Gasteiger partial charge in [0.1, 0.15) is 6.04 Å². The van der Waals surface area contributed by atoms with Gasteiger partial charge in [-0.25, -0.2) is 5.48 Å². The third kappa shape index (κ3) is 7.45. The summed E-state index contributed by atoms with van der Waals surface area (Å²) in [6.07, 6.45) is 2.11. The van der Waals surface area contributed by atoms with Crippen LogP contribution in [0.4, 0.5) is 0 Å². The van der Waals surface area contributed by atoms with Crippen molar-refractivity contribution in [3.8, 4) is 0 Å². The van der Waals surface area contributed by atoms with Crippen LogP contribution in [0.5, 0.6) is 0 Å². The van der Waals surface area contributed by atoms with Gasteiger partial charge in [0, 0.05) is 26.4 Å². The average Bonchev–Trinajstić information content (AvgIpc) is 2.46. The Morgan fingerprint density at radius 1 is 1.17 bits per heavy atom. The first-order valence-electron chi connectivity index (χ1n) is 7.99. The lowest BCUT2D eigenvalue weighted by atomic mass is 9.85. The fraction of sp³-hybridized carbons (Fsp3) is 0.812. The van der Waals surface area contributed by atoms with E-state index in [1.807, 2.05) is 27.7 Å². The molecule has 7 nitrogen and oxygen atoms in total. The van der Waals surface area contributed by atoms with Gasteiger partial charge in [-0.3, -0.25) is 19.6 Å². The van der Waals surface area contributed by atoms with Gasteiger partial charge in [-0.15, -0.1) is 0 Å². The van der Waals surface area contributed by atoms with Crippen molar-refractivity contribution in [1.82, 2.24) is 15.7 Å². The first kappa shape index (κ1) is 21.4. The normalized spacial score (nSPS) is 13.9. The Labute approximate surface area is 138 Å². The molecule has 0 fully saturated rings. The van der Waals surface area contributed by atoms with Crippen molar-refractivity contribution in [3.63, 3.8) is 0 Å². The molecule has 0 heterocycles. The minimum atomic E-state index is -0.675. The molecule has 3 N–H and O–H groups in total. The fourth-order valence-corrected chi connectivity index (χ4v) is 2.21. The number of likely N-dealkylation sites (N-methyl/N-ethyl adjacent to an activating group) is 1. The number of hydrogen-bond donors (Lipinski definition) is 3. The maximum Gasteiger partial charge on any atom is 0.245 e. The molecule has 23 heavy (non-hydrogen) atoms. The van der Waals surface area contributed by atoms with Gasteiger partial charge in [0.25, 0.3) is 0 Å². The van der Waals surface area contributed by atoms with Crippen LogP contribution in [0.2, 0.25) is 0 Å². The van der Waals surface area contributed by atoms with Crippen molar-refractivity contribution in [2.75, 3.05) is 14.1 Å². The predicted octanol–water partition coefficient (Wildman–Crippen LogP) is 1.31. The van der Waals surface area contributed by atoms with Crippen molar-refractivity contribution >= 4 is 17.7 Å². The maximum absolute atomic E-state index is 12.5. The van der Waals surface area contributed by atoms with Crippen LogP contribution in [-0.2, 0) is 14.4 Å². The number of unbranched alkanes of at least 4 members (excludes halogenated alkanes) is 1. The highest BCUT2D eigenvalue weighted by atomic mass is 16.5. The summed E-state index contributed by atoms with van der Waals surface area (Å²) in [5.74, 6) is -1.70. The summed E-state index contributed by atoms with van der Waals surface area (Å²) in [7, 11) is 3.28. The van der Waals surface area contributed by atoms with Crippen LogP contribution < -0.4 is 10.8 Å². The van der Waals surface area contributed by atoms with E-state index in [0.29, 0.717) is 6.42 Å². The quantitative estimate of drug-likeness (QED) is 0.462. The molecule has 3 amide bonds. The summed E-state index contributed by atoms with van der Waals surface area (Å²) >= 11 is 0. The minimum absolute atomic E-state index is 0.102. The van der Waals surface area contributed by atoms with Gasteiger partial charge < -0.3 is 10.2 Å². The highest BCUT2D eigenvalue weighted by molar-refractivity contribution is 5.90. The smallest absolute Gasteiger partial charge is 0.245 e. The number of amides is 3. The van der Waals surface area contributed by atoms with Crippen LogP contribution in [0, 0.1) is 11.3 Å². The summed E-state index contributed by atoms with van der Waals surface area (Å²) in [5, 5.41) is 11.5. The van der Waals surface area contributed by atoms with Gasteiger partial charge in [-0.1, -0.05) is 40.5 Å².